The van der Waals surface area contributed by atoms with Crippen LogP contribution in [-0.2, 0) is 20.2 Å². The second kappa shape index (κ2) is 5.66. The third kappa shape index (κ3) is 2.21. The minimum Gasteiger partial charge on any atom is -0.324 e. The van der Waals surface area contributed by atoms with E-state index in [0.717, 1.165) is 43.1 Å². The highest BCUT2D eigenvalue weighted by molar-refractivity contribution is 7.90. The summed E-state index contributed by atoms with van der Waals surface area (Å²) in [5.74, 6) is 0.0187. The predicted octanol–water partition coefficient (Wildman–Crippen LogP) is 3.43. The number of nitrogens with zero attached hydrogens (tertiary/aromatic N) is 2. The van der Waals surface area contributed by atoms with E-state index >= 15 is 0 Å². The van der Waals surface area contributed by atoms with Crippen molar-refractivity contribution < 1.29 is 13.2 Å². The summed E-state index contributed by atoms with van der Waals surface area (Å²) in [4.78, 5) is 17.4. The van der Waals surface area contributed by atoms with Gasteiger partial charge in [0.1, 0.15) is 0 Å². The molecule has 1 aliphatic heterocycles. The summed E-state index contributed by atoms with van der Waals surface area (Å²) in [5, 5.41) is 3.71. The van der Waals surface area contributed by atoms with Crippen LogP contribution in [0.4, 0.5) is 5.69 Å². The van der Waals surface area contributed by atoms with Crippen molar-refractivity contribution in [3.05, 3.63) is 54.4 Å². The highest BCUT2D eigenvalue weighted by Gasteiger charge is 2.48. The molecule has 3 heterocycles. The molecule has 2 aliphatic rings. The van der Waals surface area contributed by atoms with Crippen LogP contribution >= 0.6 is 0 Å². The second-order valence-electron chi connectivity index (χ2n) is 7.31. The van der Waals surface area contributed by atoms with E-state index < -0.39 is 15.4 Å². The Bertz CT molecular complexity index is 1160. The minimum absolute atomic E-state index is 0.0187. The van der Waals surface area contributed by atoms with Gasteiger partial charge in [-0.15, -0.1) is 0 Å². The molecule has 0 saturated heterocycles. The van der Waals surface area contributed by atoms with Gasteiger partial charge >= 0.3 is 0 Å². The maximum atomic E-state index is 13.1. The van der Waals surface area contributed by atoms with Gasteiger partial charge in [0.2, 0.25) is 5.91 Å². The number of aromatic nitrogens is 2. The molecule has 0 radical (unpaired) electrons. The molecule has 1 aromatic carbocycles. The minimum atomic E-state index is -3.75. The number of hydrogen-bond donors (Lipinski definition) is 1. The molecule has 0 atom stereocenters. The van der Waals surface area contributed by atoms with Gasteiger partial charge in [0.25, 0.3) is 10.0 Å². The summed E-state index contributed by atoms with van der Waals surface area (Å²) in [7, 11) is -3.75. The first-order chi connectivity index (χ1) is 13.0. The van der Waals surface area contributed by atoms with E-state index in [1.807, 2.05) is 0 Å². The molecule has 0 unspecified atom stereocenters. The van der Waals surface area contributed by atoms with Crippen LogP contribution in [0, 0.1) is 0 Å². The largest absolute Gasteiger partial charge is 0.324 e. The number of nitrogens with one attached hydrogen (secondary N) is 1. The Morgan fingerprint density at radius 2 is 1.78 bits per heavy atom. The average Bonchev–Trinajstić information content (AvgIpc) is 3.23. The number of amides is 1. The Kier molecular flexibility index (Phi) is 3.46. The molecule has 0 bridgehead atoms. The Labute approximate surface area is 157 Å². The lowest BCUT2D eigenvalue weighted by atomic mass is 9.69. The molecule has 1 N–H and O–H groups in total. The molecule has 1 fully saturated rings. The van der Waals surface area contributed by atoms with E-state index in [-0.39, 0.29) is 10.8 Å². The summed E-state index contributed by atoms with van der Waals surface area (Å²) in [6.07, 6.45) is 7.85. The van der Waals surface area contributed by atoms with Gasteiger partial charge in [-0.25, -0.2) is 17.4 Å². The summed E-state index contributed by atoms with van der Waals surface area (Å²) in [6.45, 7) is 0. The van der Waals surface area contributed by atoms with Crippen molar-refractivity contribution in [2.24, 2.45) is 0 Å². The maximum Gasteiger partial charge on any atom is 0.269 e. The lowest BCUT2D eigenvalue weighted by Gasteiger charge is -2.31. The van der Waals surface area contributed by atoms with Crippen molar-refractivity contribution in [2.75, 3.05) is 5.32 Å². The van der Waals surface area contributed by atoms with Gasteiger partial charge in [0.05, 0.1) is 22.2 Å². The number of hydrogen-bond acceptors (Lipinski definition) is 4. The van der Waals surface area contributed by atoms with E-state index in [2.05, 4.69) is 10.3 Å². The first kappa shape index (κ1) is 16.5. The van der Waals surface area contributed by atoms with E-state index in [1.54, 1.807) is 48.8 Å². The van der Waals surface area contributed by atoms with Crippen LogP contribution in [-0.4, -0.2) is 23.3 Å². The third-order valence-electron chi connectivity index (χ3n) is 5.85. The molecule has 1 spiro atoms. The van der Waals surface area contributed by atoms with Gasteiger partial charge in [0, 0.05) is 17.1 Å². The number of fused-ring (bicyclic) bond motifs is 4. The van der Waals surface area contributed by atoms with Crippen molar-refractivity contribution in [3.63, 3.8) is 0 Å². The average molecular weight is 381 g/mol. The first-order valence-corrected chi connectivity index (χ1v) is 10.6. The SMILES string of the molecule is O=C1Nc2cnc3c(ccn3S(=O)(=O)c3ccccc3)c2C12CCCCC2. The molecule has 1 aliphatic carbocycles. The molecule has 3 aromatic rings. The zero-order valence-electron chi connectivity index (χ0n) is 14.7. The lowest BCUT2D eigenvalue weighted by Crippen LogP contribution is -2.36. The molecule has 138 valence electrons. The molecule has 1 saturated carbocycles. The molecule has 27 heavy (non-hydrogen) atoms. The van der Waals surface area contributed by atoms with Crippen LogP contribution in [0.15, 0.2) is 53.7 Å². The highest BCUT2D eigenvalue weighted by atomic mass is 32.2. The highest BCUT2D eigenvalue weighted by Crippen LogP contribution is 2.50. The van der Waals surface area contributed by atoms with Gasteiger partial charge in [-0.3, -0.25) is 4.79 Å². The molecule has 7 heteroatoms. The number of benzene rings is 1. The van der Waals surface area contributed by atoms with Crippen LogP contribution in [0.1, 0.15) is 37.7 Å². The van der Waals surface area contributed by atoms with Gasteiger partial charge in [-0.1, -0.05) is 37.5 Å². The number of anilines is 1. The van der Waals surface area contributed by atoms with Crippen LogP contribution < -0.4 is 5.32 Å². The fraction of sp³-hybridized carbons (Fsp3) is 0.300. The van der Waals surface area contributed by atoms with Gasteiger partial charge in [0.15, 0.2) is 5.65 Å². The number of carbonyl (C=O) groups excluding carboxylic acids is 1. The van der Waals surface area contributed by atoms with Crippen molar-refractivity contribution in [3.8, 4) is 0 Å². The molecule has 6 nitrogen and oxygen atoms in total. The molecule has 1 amide bonds. The van der Waals surface area contributed by atoms with Crippen LogP contribution in [0.2, 0.25) is 0 Å². The second-order valence-corrected chi connectivity index (χ2v) is 9.13. The smallest absolute Gasteiger partial charge is 0.269 e. The van der Waals surface area contributed by atoms with Gasteiger partial charge in [-0.05, 0) is 31.0 Å². The summed E-state index contributed by atoms with van der Waals surface area (Å²) >= 11 is 0. The topological polar surface area (TPSA) is 81.1 Å². The third-order valence-corrected chi connectivity index (χ3v) is 7.53. The predicted molar refractivity (Wildman–Crippen MR) is 102 cm³/mol. The fourth-order valence-electron chi connectivity index (χ4n) is 4.56. The van der Waals surface area contributed by atoms with Crippen LogP contribution in [0.25, 0.3) is 11.0 Å². The molecule has 5 rings (SSSR count). The standard InChI is InChI=1S/C20H19N3O3S/c24-19-20(10-5-2-6-11-20)17-15-9-12-23(18(15)21-13-16(17)22-19)27(25,26)14-7-3-1-4-8-14/h1,3-4,7-9,12-13H,2,5-6,10-11H2,(H,22,24). The van der Waals surface area contributed by atoms with Crippen molar-refractivity contribution in [2.45, 2.75) is 42.4 Å². The van der Waals surface area contributed by atoms with Crippen molar-refractivity contribution in [1.82, 2.24) is 8.96 Å². The lowest BCUT2D eigenvalue weighted by molar-refractivity contribution is -0.121. The van der Waals surface area contributed by atoms with Crippen LogP contribution in [0.3, 0.4) is 0 Å². The molecule has 2 aromatic heterocycles. The monoisotopic (exact) mass is 381 g/mol. The van der Waals surface area contributed by atoms with E-state index in [9.17, 15) is 13.2 Å². The van der Waals surface area contributed by atoms with Crippen molar-refractivity contribution in [1.29, 1.82) is 0 Å². The Morgan fingerprint density at radius 3 is 2.52 bits per heavy atom. The Balaban J connectivity index is 1.74. The Morgan fingerprint density at radius 1 is 1.04 bits per heavy atom. The molecular formula is C20H19N3O3S. The summed E-state index contributed by atoms with van der Waals surface area (Å²) in [5.41, 5.74) is 1.44. The van der Waals surface area contributed by atoms with Gasteiger partial charge in [-0.2, -0.15) is 0 Å². The van der Waals surface area contributed by atoms with Gasteiger partial charge < -0.3 is 5.32 Å². The maximum absolute atomic E-state index is 13.1. The van der Waals surface area contributed by atoms with E-state index in [0.29, 0.717) is 11.3 Å². The Hall–Kier alpha value is -2.67. The van der Waals surface area contributed by atoms with E-state index in [4.69, 9.17) is 0 Å². The summed E-state index contributed by atoms with van der Waals surface area (Å²) in [6, 6.07) is 10.1. The normalized spacial score (nSPS) is 18.6. The quantitative estimate of drug-likeness (QED) is 0.737. The van der Waals surface area contributed by atoms with E-state index in [1.165, 1.54) is 3.97 Å². The summed E-state index contributed by atoms with van der Waals surface area (Å²) < 4.78 is 27.4. The zero-order valence-corrected chi connectivity index (χ0v) is 15.5. The number of carbonyl (C=O) groups is 1. The first-order valence-electron chi connectivity index (χ1n) is 9.17. The van der Waals surface area contributed by atoms with Crippen molar-refractivity contribution >= 4 is 32.7 Å². The number of pyridine rings is 1. The fourth-order valence-corrected chi connectivity index (χ4v) is 5.88. The zero-order chi connectivity index (χ0) is 18.6. The number of rotatable bonds is 2. The molecular weight excluding hydrogens is 362 g/mol. The van der Waals surface area contributed by atoms with Crippen LogP contribution in [0.5, 0.6) is 0 Å².